The van der Waals surface area contributed by atoms with Gasteiger partial charge in [0.05, 0.1) is 0 Å². The lowest BCUT2D eigenvalue weighted by Gasteiger charge is -2.11. The van der Waals surface area contributed by atoms with E-state index in [0.717, 1.165) is 11.3 Å². The van der Waals surface area contributed by atoms with Crippen molar-refractivity contribution in [3.8, 4) is 5.75 Å². The van der Waals surface area contributed by atoms with E-state index in [1.54, 1.807) is 24.3 Å². The van der Waals surface area contributed by atoms with Crippen molar-refractivity contribution in [3.63, 3.8) is 0 Å². The summed E-state index contributed by atoms with van der Waals surface area (Å²) in [6.07, 6.45) is 3.21. The molecule has 0 aromatic heterocycles. The number of hydrogen-bond donors (Lipinski definition) is 1. The fraction of sp³-hybridized carbons (Fsp3) is 0.235. The lowest BCUT2D eigenvalue weighted by molar-refractivity contribution is -0.274. The van der Waals surface area contributed by atoms with E-state index in [4.69, 9.17) is 0 Å². The van der Waals surface area contributed by atoms with Crippen molar-refractivity contribution in [1.82, 2.24) is 5.32 Å². The lowest BCUT2D eigenvalue weighted by atomic mass is 10.2. The maximum absolute atomic E-state index is 12.1. The molecule has 1 aliphatic carbocycles. The summed E-state index contributed by atoms with van der Waals surface area (Å²) in [6, 6.07) is 5.69. The predicted octanol–water partition coefficient (Wildman–Crippen LogP) is 4.03. The van der Waals surface area contributed by atoms with E-state index >= 15 is 0 Å². The highest BCUT2D eigenvalue weighted by Gasteiger charge is 2.30. The molecular weight excluding hydrogens is 307 g/mol. The van der Waals surface area contributed by atoms with Gasteiger partial charge in [-0.05, 0) is 36.8 Å². The molecule has 1 aliphatic rings. The maximum atomic E-state index is 12.1. The average molecular weight is 323 g/mol. The SMILES string of the molecule is CC(=O)C1=CC=C(NCc2ccc(OC(F)(F)F)cc2)CC=C1. The van der Waals surface area contributed by atoms with Crippen molar-refractivity contribution in [2.45, 2.75) is 26.3 Å². The number of allylic oxidation sites excluding steroid dienone is 5. The molecule has 1 N–H and O–H groups in total. The van der Waals surface area contributed by atoms with E-state index in [2.05, 4.69) is 10.1 Å². The highest BCUT2D eigenvalue weighted by atomic mass is 19.4. The summed E-state index contributed by atoms with van der Waals surface area (Å²) in [4.78, 5) is 11.3. The van der Waals surface area contributed by atoms with Gasteiger partial charge in [-0.1, -0.05) is 24.3 Å². The van der Waals surface area contributed by atoms with E-state index < -0.39 is 6.36 Å². The Hall–Kier alpha value is -2.50. The predicted molar refractivity (Wildman–Crippen MR) is 80.6 cm³/mol. The van der Waals surface area contributed by atoms with Crippen LogP contribution in [0.3, 0.4) is 0 Å². The molecule has 6 heteroatoms. The third-order valence-electron chi connectivity index (χ3n) is 3.18. The van der Waals surface area contributed by atoms with Crippen molar-refractivity contribution in [3.05, 3.63) is 65.4 Å². The van der Waals surface area contributed by atoms with Crippen molar-refractivity contribution < 1.29 is 22.7 Å². The van der Waals surface area contributed by atoms with Gasteiger partial charge in [-0.15, -0.1) is 13.2 Å². The number of Topliss-reactive ketones (excluding diaryl/α,β-unsaturated/α-hetero) is 1. The highest BCUT2D eigenvalue weighted by molar-refractivity contribution is 5.96. The third-order valence-corrected chi connectivity index (χ3v) is 3.18. The standard InChI is InChI=1S/C17H16F3NO2/c1-12(22)14-3-2-4-15(8-7-14)21-11-13-5-9-16(10-6-13)23-17(18,19)20/h2-3,5-10,21H,4,11H2,1H3. The van der Waals surface area contributed by atoms with Crippen LogP contribution < -0.4 is 10.1 Å². The zero-order valence-corrected chi connectivity index (χ0v) is 12.5. The van der Waals surface area contributed by atoms with Crippen LogP contribution in [0.15, 0.2) is 59.8 Å². The molecule has 1 aromatic rings. The third kappa shape index (κ3) is 5.65. The first-order chi connectivity index (χ1) is 10.8. The molecule has 0 unspecified atom stereocenters. The summed E-state index contributed by atoms with van der Waals surface area (Å²) >= 11 is 0. The Bertz CT molecular complexity index is 655. The second kappa shape index (κ2) is 7.17. The summed E-state index contributed by atoms with van der Waals surface area (Å²) in [5, 5.41) is 3.20. The molecule has 0 fully saturated rings. The van der Waals surface area contributed by atoms with Crippen LogP contribution in [0.1, 0.15) is 18.9 Å². The average Bonchev–Trinajstić information content (AvgIpc) is 2.70. The largest absolute Gasteiger partial charge is 0.573 e. The van der Waals surface area contributed by atoms with Crippen molar-refractivity contribution in [2.75, 3.05) is 0 Å². The Kier molecular flexibility index (Phi) is 5.26. The summed E-state index contributed by atoms with van der Waals surface area (Å²) < 4.78 is 40.1. The van der Waals surface area contributed by atoms with Gasteiger partial charge in [0.15, 0.2) is 5.78 Å². The summed E-state index contributed by atoms with van der Waals surface area (Å²) in [5.41, 5.74) is 2.38. The van der Waals surface area contributed by atoms with Crippen LogP contribution in [0.5, 0.6) is 5.75 Å². The first-order valence-corrected chi connectivity index (χ1v) is 7.00. The smallest absolute Gasteiger partial charge is 0.406 e. The van der Waals surface area contributed by atoms with Gasteiger partial charge >= 0.3 is 6.36 Å². The molecule has 23 heavy (non-hydrogen) atoms. The van der Waals surface area contributed by atoms with Gasteiger partial charge in [-0.25, -0.2) is 0 Å². The number of ether oxygens (including phenoxy) is 1. The minimum absolute atomic E-state index is 0.000923. The van der Waals surface area contributed by atoms with Crippen molar-refractivity contribution in [1.29, 1.82) is 0 Å². The number of ketones is 1. The molecular formula is C17H16F3NO2. The molecule has 0 amide bonds. The molecule has 2 rings (SSSR count). The zero-order chi connectivity index (χ0) is 16.9. The normalized spacial score (nSPS) is 14.6. The summed E-state index contributed by atoms with van der Waals surface area (Å²) in [7, 11) is 0. The molecule has 0 saturated heterocycles. The minimum Gasteiger partial charge on any atom is -0.406 e. The minimum atomic E-state index is -4.68. The van der Waals surface area contributed by atoms with Crippen LogP contribution in [0.4, 0.5) is 13.2 Å². The first kappa shape index (κ1) is 16.9. The maximum Gasteiger partial charge on any atom is 0.573 e. The number of carbonyl (C=O) groups is 1. The number of rotatable bonds is 5. The molecule has 3 nitrogen and oxygen atoms in total. The van der Waals surface area contributed by atoms with E-state index in [0.29, 0.717) is 18.5 Å². The molecule has 122 valence electrons. The van der Waals surface area contributed by atoms with Crippen molar-refractivity contribution in [2.24, 2.45) is 0 Å². The van der Waals surface area contributed by atoms with Gasteiger partial charge in [0.2, 0.25) is 0 Å². The second-order valence-electron chi connectivity index (χ2n) is 5.02. The molecule has 0 radical (unpaired) electrons. The Balaban J connectivity index is 1.94. The fourth-order valence-electron chi connectivity index (χ4n) is 2.02. The molecule has 0 atom stereocenters. The van der Waals surface area contributed by atoms with Crippen LogP contribution in [0.2, 0.25) is 0 Å². The van der Waals surface area contributed by atoms with Gasteiger partial charge in [-0.3, -0.25) is 4.79 Å². The second-order valence-corrected chi connectivity index (χ2v) is 5.02. The van der Waals surface area contributed by atoms with Crippen LogP contribution >= 0.6 is 0 Å². The summed E-state index contributed by atoms with van der Waals surface area (Å²) in [5.74, 6) is -0.245. The molecule has 1 aromatic carbocycles. The van der Waals surface area contributed by atoms with Crippen molar-refractivity contribution >= 4 is 5.78 Å². The number of halogens is 3. The van der Waals surface area contributed by atoms with Gasteiger partial charge in [0.1, 0.15) is 5.75 Å². The van der Waals surface area contributed by atoms with Gasteiger partial charge in [0.25, 0.3) is 0 Å². The number of carbonyl (C=O) groups excluding carboxylic acids is 1. The molecule has 0 bridgehead atoms. The van der Waals surface area contributed by atoms with E-state index in [1.807, 2.05) is 12.2 Å². The van der Waals surface area contributed by atoms with E-state index in [-0.39, 0.29) is 11.5 Å². The molecule has 0 spiro atoms. The van der Waals surface area contributed by atoms with E-state index in [1.165, 1.54) is 19.1 Å². The molecule has 0 heterocycles. The molecule has 0 aliphatic heterocycles. The Morgan fingerprint density at radius 3 is 2.52 bits per heavy atom. The van der Waals surface area contributed by atoms with Crippen LogP contribution in [-0.2, 0) is 11.3 Å². The van der Waals surface area contributed by atoms with E-state index in [9.17, 15) is 18.0 Å². The zero-order valence-electron chi connectivity index (χ0n) is 12.5. The lowest BCUT2D eigenvalue weighted by Crippen LogP contribution is -2.17. The number of alkyl halides is 3. The fourth-order valence-corrected chi connectivity index (χ4v) is 2.02. The topological polar surface area (TPSA) is 38.3 Å². The Morgan fingerprint density at radius 1 is 1.22 bits per heavy atom. The number of nitrogens with one attached hydrogen (secondary N) is 1. The monoisotopic (exact) mass is 323 g/mol. The Morgan fingerprint density at radius 2 is 1.91 bits per heavy atom. The van der Waals surface area contributed by atoms with Crippen LogP contribution in [0.25, 0.3) is 0 Å². The van der Waals surface area contributed by atoms with Gasteiger partial charge in [0, 0.05) is 24.2 Å². The van der Waals surface area contributed by atoms with Gasteiger partial charge < -0.3 is 10.1 Å². The first-order valence-electron chi connectivity index (χ1n) is 7.00. The van der Waals surface area contributed by atoms with Crippen LogP contribution in [-0.4, -0.2) is 12.1 Å². The van der Waals surface area contributed by atoms with Crippen LogP contribution in [0, 0.1) is 0 Å². The number of benzene rings is 1. The highest BCUT2D eigenvalue weighted by Crippen LogP contribution is 2.22. The van der Waals surface area contributed by atoms with Gasteiger partial charge in [-0.2, -0.15) is 0 Å². The summed E-state index contributed by atoms with van der Waals surface area (Å²) in [6.45, 7) is 1.97. The number of hydrogen-bond acceptors (Lipinski definition) is 3. The Labute approximate surface area is 132 Å². The molecule has 0 saturated carbocycles. The quantitative estimate of drug-likeness (QED) is 0.889.